The Hall–Kier alpha value is -0.340. The molecule has 14 heavy (non-hydrogen) atoms. The van der Waals surface area contributed by atoms with Crippen molar-refractivity contribution < 1.29 is 5.11 Å². The molecule has 2 unspecified atom stereocenters. The predicted octanol–water partition coefficient (Wildman–Crippen LogP) is 2.19. The number of likely N-dealkylation sites (tertiary alicyclic amines) is 1. The molecule has 1 N–H and O–H groups in total. The van der Waals surface area contributed by atoms with Crippen molar-refractivity contribution in [2.75, 3.05) is 13.1 Å². The maximum atomic E-state index is 9.41. The van der Waals surface area contributed by atoms with Crippen LogP contribution in [-0.4, -0.2) is 35.2 Å². The molecule has 0 aromatic carbocycles. The van der Waals surface area contributed by atoms with E-state index in [-0.39, 0.29) is 6.10 Å². The first kappa shape index (κ1) is 11.7. The summed E-state index contributed by atoms with van der Waals surface area (Å²) in [6, 6.07) is 0.570. The van der Waals surface area contributed by atoms with E-state index in [1.165, 1.54) is 31.4 Å². The maximum Gasteiger partial charge on any atom is 0.0527 e. The zero-order chi connectivity index (χ0) is 10.6. The highest BCUT2D eigenvalue weighted by molar-refractivity contribution is 4.94. The molecule has 1 heterocycles. The molecular formula is C12H23NO. The van der Waals surface area contributed by atoms with Gasteiger partial charge in [0.15, 0.2) is 0 Å². The Kier molecular flexibility index (Phi) is 4.63. The number of aliphatic hydroxyl groups is 1. The highest BCUT2D eigenvalue weighted by Gasteiger charge is 2.22. The Morgan fingerprint density at radius 3 is 2.86 bits per heavy atom. The predicted molar refractivity (Wildman–Crippen MR) is 60.3 cm³/mol. The second kappa shape index (κ2) is 5.52. The molecule has 0 aromatic heterocycles. The molecule has 1 rings (SSSR count). The van der Waals surface area contributed by atoms with Crippen LogP contribution in [0.4, 0.5) is 0 Å². The molecule has 1 saturated heterocycles. The first-order chi connectivity index (χ1) is 6.59. The Balaban J connectivity index is 2.45. The minimum atomic E-state index is -0.175. The average molecular weight is 197 g/mol. The smallest absolute Gasteiger partial charge is 0.0527 e. The largest absolute Gasteiger partial charge is 0.393 e. The van der Waals surface area contributed by atoms with Crippen LogP contribution in [0, 0.1) is 0 Å². The van der Waals surface area contributed by atoms with Crippen LogP contribution in [-0.2, 0) is 0 Å². The lowest BCUT2D eigenvalue weighted by molar-refractivity contribution is 0.0935. The van der Waals surface area contributed by atoms with Gasteiger partial charge in [-0.15, -0.1) is 0 Å². The molecule has 1 aliphatic heterocycles. The molecule has 2 atom stereocenters. The summed E-state index contributed by atoms with van der Waals surface area (Å²) in [4.78, 5) is 2.47. The fraction of sp³-hybridized carbons (Fsp3) is 0.833. The van der Waals surface area contributed by atoms with Crippen molar-refractivity contribution in [2.24, 2.45) is 0 Å². The zero-order valence-corrected chi connectivity index (χ0v) is 9.50. The highest BCUT2D eigenvalue weighted by Crippen LogP contribution is 2.21. The fourth-order valence-corrected chi connectivity index (χ4v) is 2.28. The van der Waals surface area contributed by atoms with Gasteiger partial charge in [0.1, 0.15) is 0 Å². The van der Waals surface area contributed by atoms with Crippen LogP contribution in [0.5, 0.6) is 0 Å². The number of hydrogen-bond donors (Lipinski definition) is 1. The van der Waals surface area contributed by atoms with Crippen LogP contribution >= 0.6 is 0 Å². The van der Waals surface area contributed by atoms with Crippen LogP contribution in [0.3, 0.4) is 0 Å². The van der Waals surface area contributed by atoms with Gasteiger partial charge in [-0.1, -0.05) is 18.6 Å². The van der Waals surface area contributed by atoms with Gasteiger partial charge >= 0.3 is 0 Å². The molecule has 0 aliphatic carbocycles. The molecule has 0 saturated carbocycles. The van der Waals surface area contributed by atoms with Crippen molar-refractivity contribution in [3.05, 3.63) is 12.2 Å². The Morgan fingerprint density at radius 2 is 2.29 bits per heavy atom. The topological polar surface area (TPSA) is 23.5 Å². The molecule has 2 nitrogen and oxygen atoms in total. The summed E-state index contributed by atoms with van der Waals surface area (Å²) in [6.45, 7) is 10.1. The molecule has 0 radical (unpaired) electrons. The van der Waals surface area contributed by atoms with Crippen LogP contribution in [0.25, 0.3) is 0 Å². The van der Waals surface area contributed by atoms with Crippen LogP contribution in [0.1, 0.15) is 39.5 Å². The number of hydrogen-bond acceptors (Lipinski definition) is 2. The van der Waals surface area contributed by atoms with Gasteiger partial charge in [-0.3, -0.25) is 4.90 Å². The molecule has 1 aliphatic rings. The van der Waals surface area contributed by atoms with Gasteiger partial charge in [-0.25, -0.2) is 0 Å². The van der Waals surface area contributed by atoms with Gasteiger partial charge in [0, 0.05) is 12.6 Å². The highest BCUT2D eigenvalue weighted by atomic mass is 16.3. The van der Waals surface area contributed by atoms with E-state index in [0.717, 1.165) is 13.0 Å². The number of rotatable bonds is 4. The average Bonchev–Trinajstić information content (AvgIpc) is 2.06. The van der Waals surface area contributed by atoms with E-state index in [1.54, 1.807) is 0 Å². The molecule has 0 aromatic rings. The first-order valence-corrected chi connectivity index (χ1v) is 5.66. The minimum absolute atomic E-state index is 0.175. The summed E-state index contributed by atoms with van der Waals surface area (Å²) >= 11 is 0. The Labute approximate surface area is 87.6 Å². The molecule has 82 valence electrons. The molecular weight excluding hydrogens is 174 g/mol. The SMILES string of the molecule is C=C(C)CN1CCCCC1CC(C)O. The van der Waals surface area contributed by atoms with Gasteiger partial charge < -0.3 is 5.11 Å². The summed E-state index contributed by atoms with van der Waals surface area (Å²) in [5.74, 6) is 0. The van der Waals surface area contributed by atoms with Crippen molar-refractivity contribution in [3.63, 3.8) is 0 Å². The lowest BCUT2D eigenvalue weighted by Crippen LogP contribution is -2.41. The second-order valence-electron chi connectivity index (χ2n) is 4.66. The number of nitrogens with zero attached hydrogens (tertiary/aromatic N) is 1. The number of piperidine rings is 1. The molecule has 1 fully saturated rings. The second-order valence-corrected chi connectivity index (χ2v) is 4.66. The first-order valence-electron chi connectivity index (χ1n) is 5.66. The molecule has 0 bridgehead atoms. The molecule has 0 amide bonds. The van der Waals surface area contributed by atoms with Crippen molar-refractivity contribution >= 4 is 0 Å². The van der Waals surface area contributed by atoms with Crippen molar-refractivity contribution in [2.45, 2.75) is 51.7 Å². The van der Waals surface area contributed by atoms with E-state index in [4.69, 9.17) is 0 Å². The molecule has 2 heteroatoms. The third kappa shape index (κ3) is 3.81. The van der Waals surface area contributed by atoms with Crippen molar-refractivity contribution in [1.29, 1.82) is 0 Å². The van der Waals surface area contributed by atoms with Gasteiger partial charge in [-0.2, -0.15) is 0 Å². The van der Waals surface area contributed by atoms with Crippen molar-refractivity contribution in [3.8, 4) is 0 Å². The third-order valence-corrected chi connectivity index (χ3v) is 2.84. The van der Waals surface area contributed by atoms with Gasteiger partial charge in [0.05, 0.1) is 6.10 Å². The normalized spacial score (nSPS) is 26.1. The van der Waals surface area contributed by atoms with E-state index in [2.05, 4.69) is 18.4 Å². The van der Waals surface area contributed by atoms with Gasteiger partial charge in [-0.05, 0) is 39.7 Å². The van der Waals surface area contributed by atoms with E-state index in [9.17, 15) is 5.11 Å². The monoisotopic (exact) mass is 197 g/mol. The van der Waals surface area contributed by atoms with E-state index in [1.807, 2.05) is 6.92 Å². The summed E-state index contributed by atoms with van der Waals surface area (Å²) in [5, 5.41) is 9.41. The third-order valence-electron chi connectivity index (χ3n) is 2.84. The van der Waals surface area contributed by atoms with Gasteiger partial charge in [0.2, 0.25) is 0 Å². The van der Waals surface area contributed by atoms with Gasteiger partial charge in [0.25, 0.3) is 0 Å². The quantitative estimate of drug-likeness (QED) is 0.698. The minimum Gasteiger partial charge on any atom is -0.393 e. The Bertz CT molecular complexity index is 189. The Morgan fingerprint density at radius 1 is 1.57 bits per heavy atom. The fourth-order valence-electron chi connectivity index (χ4n) is 2.28. The summed E-state index contributed by atoms with van der Waals surface area (Å²) in [5.41, 5.74) is 1.22. The summed E-state index contributed by atoms with van der Waals surface area (Å²) < 4.78 is 0. The molecule has 0 spiro atoms. The van der Waals surface area contributed by atoms with E-state index >= 15 is 0 Å². The zero-order valence-electron chi connectivity index (χ0n) is 9.50. The summed E-state index contributed by atoms with van der Waals surface area (Å²) in [6.07, 6.45) is 4.57. The van der Waals surface area contributed by atoms with Crippen LogP contribution < -0.4 is 0 Å². The lowest BCUT2D eigenvalue weighted by atomic mass is 9.97. The standard InChI is InChI=1S/C12H23NO/c1-10(2)9-13-7-5-4-6-12(13)8-11(3)14/h11-12,14H,1,4-9H2,2-3H3. The van der Waals surface area contributed by atoms with E-state index < -0.39 is 0 Å². The summed E-state index contributed by atoms with van der Waals surface area (Å²) in [7, 11) is 0. The van der Waals surface area contributed by atoms with Crippen LogP contribution in [0.15, 0.2) is 12.2 Å². The van der Waals surface area contributed by atoms with Crippen LogP contribution in [0.2, 0.25) is 0 Å². The number of aliphatic hydroxyl groups excluding tert-OH is 1. The lowest BCUT2D eigenvalue weighted by Gasteiger charge is -2.36. The van der Waals surface area contributed by atoms with Crippen molar-refractivity contribution in [1.82, 2.24) is 4.90 Å². The van der Waals surface area contributed by atoms with E-state index in [0.29, 0.717) is 6.04 Å². The maximum absolute atomic E-state index is 9.41.